The van der Waals surface area contributed by atoms with Gasteiger partial charge >= 0.3 is 5.97 Å². The molecule has 0 aromatic rings. The Morgan fingerprint density at radius 2 is 2.17 bits per heavy atom. The number of ether oxygens (including phenoxy) is 1. The molecule has 0 radical (unpaired) electrons. The molecule has 1 N–H and O–H groups in total. The van der Waals surface area contributed by atoms with Crippen LogP contribution in [0, 0.1) is 5.92 Å². The molecule has 0 saturated heterocycles. The van der Waals surface area contributed by atoms with E-state index in [9.17, 15) is 4.79 Å². The molecule has 0 unspecified atom stereocenters. The van der Waals surface area contributed by atoms with Gasteiger partial charge in [-0.05, 0) is 31.3 Å². The van der Waals surface area contributed by atoms with Gasteiger partial charge in [0.05, 0.1) is 6.61 Å². The van der Waals surface area contributed by atoms with Crippen molar-refractivity contribution in [3.05, 3.63) is 11.1 Å². The number of carboxylic acids is 1. The second-order valence-electron chi connectivity index (χ2n) is 3.16. The Labute approximate surface area is 72.0 Å². The summed E-state index contributed by atoms with van der Waals surface area (Å²) < 4.78 is 4.96. The summed E-state index contributed by atoms with van der Waals surface area (Å²) in [6, 6.07) is 0. The summed E-state index contributed by atoms with van der Waals surface area (Å²) in [7, 11) is 1.59. The smallest absolute Gasteiger partial charge is 0.331 e. The molecule has 0 bridgehead atoms. The fraction of sp³-hybridized carbons (Fsp3) is 0.667. The van der Waals surface area contributed by atoms with Crippen LogP contribution in [0.3, 0.4) is 0 Å². The molecular weight excluding hydrogens is 156 g/mol. The van der Waals surface area contributed by atoms with E-state index in [4.69, 9.17) is 9.84 Å². The van der Waals surface area contributed by atoms with Gasteiger partial charge < -0.3 is 9.84 Å². The molecule has 12 heavy (non-hydrogen) atoms. The number of aliphatic carboxylic acids is 1. The van der Waals surface area contributed by atoms with E-state index in [1.165, 1.54) is 0 Å². The Balaban J connectivity index is 2.73. The van der Waals surface area contributed by atoms with Gasteiger partial charge in [0.2, 0.25) is 0 Å². The molecule has 1 aliphatic rings. The summed E-state index contributed by atoms with van der Waals surface area (Å²) in [5.41, 5.74) is 1.42. The van der Waals surface area contributed by atoms with Crippen LogP contribution in [-0.4, -0.2) is 24.8 Å². The van der Waals surface area contributed by atoms with Crippen molar-refractivity contribution in [3.63, 3.8) is 0 Å². The van der Waals surface area contributed by atoms with Crippen LogP contribution in [0.5, 0.6) is 0 Å². The molecule has 1 rings (SSSR count). The molecule has 3 heteroatoms. The van der Waals surface area contributed by atoms with Crippen LogP contribution in [-0.2, 0) is 9.53 Å². The van der Waals surface area contributed by atoms with Crippen molar-refractivity contribution >= 4 is 5.97 Å². The number of carboxylic acid groups (broad SMARTS) is 1. The standard InChI is InChI=1S/C9H14O3/c1-6(9(10)11)8(5-12-2)7-3-4-7/h7H,3-5H2,1-2H3,(H,10,11). The maximum absolute atomic E-state index is 10.6. The molecule has 3 nitrogen and oxygen atoms in total. The molecule has 1 saturated carbocycles. The van der Waals surface area contributed by atoms with Crippen LogP contribution in [0.2, 0.25) is 0 Å². The first kappa shape index (κ1) is 9.26. The molecule has 0 aromatic heterocycles. The van der Waals surface area contributed by atoms with Crippen LogP contribution in [0.15, 0.2) is 11.1 Å². The van der Waals surface area contributed by atoms with Crippen molar-refractivity contribution in [2.75, 3.05) is 13.7 Å². The van der Waals surface area contributed by atoms with E-state index in [0.717, 1.165) is 18.4 Å². The second-order valence-corrected chi connectivity index (χ2v) is 3.16. The fourth-order valence-corrected chi connectivity index (χ4v) is 1.26. The maximum atomic E-state index is 10.6. The molecule has 68 valence electrons. The molecule has 0 aromatic carbocycles. The normalized spacial score (nSPS) is 18.8. The number of carbonyl (C=O) groups is 1. The highest BCUT2D eigenvalue weighted by Crippen LogP contribution is 2.38. The third-order valence-electron chi connectivity index (χ3n) is 2.17. The zero-order valence-corrected chi connectivity index (χ0v) is 7.46. The van der Waals surface area contributed by atoms with Gasteiger partial charge in [0.15, 0.2) is 0 Å². The van der Waals surface area contributed by atoms with Gasteiger partial charge in [-0.3, -0.25) is 0 Å². The Bertz CT molecular complexity index is 214. The molecular formula is C9H14O3. The third-order valence-corrected chi connectivity index (χ3v) is 2.17. The largest absolute Gasteiger partial charge is 0.478 e. The molecule has 0 heterocycles. The molecule has 0 spiro atoms. The predicted octanol–water partition coefficient (Wildman–Crippen LogP) is 1.44. The number of methoxy groups -OCH3 is 1. The van der Waals surface area contributed by atoms with Gasteiger partial charge in [-0.15, -0.1) is 0 Å². The van der Waals surface area contributed by atoms with E-state index in [1.807, 2.05) is 0 Å². The zero-order chi connectivity index (χ0) is 9.14. The maximum Gasteiger partial charge on any atom is 0.331 e. The Morgan fingerprint density at radius 3 is 2.50 bits per heavy atom. The van der Waals surface area contributed by atoms with Crippen molar-refractivity contribution in [1.29, 1.82) is 0 Å². The van der Waals surface area contributed by atoms with Crippen LogP contribution in [0.4, 0.5) is 0 Å². The molecule has 0 amide bonds. The first-order valence-corrected chi connectivity index (χ1v) is 4.08. The molecule has 1 aliphatic carbocycles. The minimum Gasteiger partial charge on any atom is -0.478 e. The van der Waals surface area contributed by atoms with E-state index < -0.39 is 5.97 Å². The Morgan fingerprint density at radius 1 is 1.58 bits per heavy atom. The van der Waals surface area contributed by atoms with Gasteiger partial charge in [0, 0.05) is 12.7 Å². The summed E-state index contributed by atoms with van der Waals surface area (Å²) in [5, 5.41) is 8.74. The summed E-state index contributed by atoms with van der Waals surface area (Å²) in [4.78, 5) is 10.6. The van der Waals surface area contributed by atoms with Gasteiger partial charge in [0.25, 0.3) is 0 Å². The summed E-state index contributed by atoms with van der Waals surface area (Å²) in [6.45, 7) is 2.11. The lowest BCUT2D eigenvalue weighted by Crippen LogP contribution is -2.07. The van der Waals surface area contributed by atoms with Gasteiger partial charge in [-0.2, -0.15) is 0 Å². The van der Waals surface area contributed by atoms with Crippen molar-refractivity contribution in [2.24, 2.45) is 5.92 Å². The number of hydrogen-bond acceptors (Lipinski definition) is 2. The van der Waals surface area contributed by atoms with Crippen LogP contribution < -0.4 is 0 Å². The lowest BCUT2D eigenvalue weighted by molar-refractivity contribution is -0.132. The average molecular weight is 170 g/mol. The van der Waals surface area contributed by atoms with E-state index in [0.29, 0.717) is 18.1 Å². The quantitative estimate of drug-likeness (QED) is 0.649. The highest BCUT2D eigenvalue weighted by Gasteiger charge is 2.28. The van der Waals surface area contributed by atoms with Crippen LogP contribution in [0.25, 0.3) is 0 Å². The fourth-order valence-electron chi connectivity index (χ4n) is 1.26. The zero-order valence-electron chi connectivity index (χ0n) is 7.46. The first-order chi connectivity index (χ1) is 5.66. The van der Waals surface area contributed by atoms with Crippen molar-refractivity contribution in [3.8, 4) is 0 Å². The van der Waals surface area contributed by atoms with E-state index in [1.54, 1.807) is 14.0 Å². The lowest BCUT2D eigenvalue weighted by atomic mass is 10.1. The summed E-state index contributed by atoms with van der Waals surface area (Å²) in [5.74, 6) is -0.352. The van der Waals surface area contributed by atoms with E-state index in [-0.39, 0.29) is 0 Å². The van der Waals surface area contributed by atoms with E-state index in [2.05, 4.69) is 0 Å². The minimum absolute atomic E-state index is 0.458. The summed E-state index contributed by atoms with van der Waals surface area (Å²) >= 11 is 0. The van der Waals surface area contributed by atoms with Crippen molar-refractivity contribution < 1.29 is 14.6 Å². The lowest BCUT2D eigenvalue weighted by Gasteiger charge is -2.06. The van der Waals surface area contributed by atoms with Gasteiger partial charge in [0.1, 0.15) is 0 Å². The highest BCUT2D eigenvalue weighted by molar-refractivity contribution is 5.87. The van der Waals surface area contributed by atoms with Crippen LogP contribution >= 0.6 is 0 Å². The monoisotopic (exact) mass is 170 g/mol. The topological polar surface area (TPSA) is 46.5 Å². The second kappa shape index (κ2) is 3.72. The van der Waals surface area contributed by atoms with Crippen LogP contribution in [0.1, 0.15) is 19.8 Å². The van der Waals surface area contributed by atoms with Gasteiger partial charge in [-0.1, -0.05) is 0 Å². The average Bonchev–Trinajstić information content (AvgIpc) is 2.81. The van der Waals surface area contributed by atoms with Crippen molar-refractivity contribution in [2.45, 2.75) is 19.8 Å². The predicted molar refractivity (Wildman–Crippen MR) is 44.9 cm³/mol. The third kappa shape index (κ3) is 2.08. The molecule has 0 aliphatic heterocycles. The highest BCUT2D eigenvalue weighted by atomic mass is 16.5. The summed E-state index contributed by atoms with van der Waals surface area (Å²) in [6.07, 6.45) is 2.23. The minimum atomic E-state index is -0.825. The van der Waals surface area contributed by atoms with E-state index >= 15 is 0 Å². The first-order valence-electron chi connectivity index (χ1n) is 4.08. The SMILES string of the molecule is COCC(=C(C)C(=O)O)C1CC1. The number of rotatable bonds is 4. The van der Waals surface area contributed by atoms with Gasteiger partial charge in [-0.25, -0.2) is 4.79 Å². The Kier molecular flexibility index (Phi) is 2.87. The Hall–Kier alpha value is -0.830. The number of hydrogen-bond donors (Lipinski definition) is 1. The molecule has 1 fully saturated rings. The molecule has 0 atom stereocenters. The van der Waals surface area contributed by atoms with Crippen molar-refractivity contribution in [1.82, 2.24) is 0 Å².